The van der Waals surface area contributed by atoms with Gasteiger partial charge in [-0.1, -0.05) is 105 Å². The van der Waals surface area contributed by atoms with Crippen LogP contribution in [0.2, 0.25) is 5.02 Å². The third-order valence-electron chi connectivity index (χ3n) is 8.96. The number of carbonyl (C=O) groups excluding carboxylic acids is 1. The molecule has 0 fully saturated rings. The minimum atomic E-state index is -0.605. The Hall–Kier alpha value is -4.73. The Kier molecular flexibility index (Phi) is 10.3. The van der Waals surface area contributed by atoms with Crippen LogP contribution in [-0.4, -0.2) is 27.8 Å². The van der Waals surface area contributed by atoms with E-state index in [0.717, 1.165) is 33.5 Å². The highest BCUT2D eigenvalue weighted by atomic mass is 35.5. The summed E-state index contributed by atoms with van der Waals surface area (Å²) in [6.45, 7) is 12.9. The number of allylic oxidation sites excluding steroid dienone is 1. The predicted octanol–water partition coefficient (Wildman–Crippen LogP) is 9.65. The first-order valence-corrected chi connectivity index (χ1v) is 17.9. The zero-order valence-corrected chi connectivity index (χ0v) is 31.0. The van der Waals surface area contributed by atoms with Crippen LogP contribution in [0.25, 0.3) is 0 Å². The van der Waals surface area contributed by atoms with E-state index in [1.807, 2.05) is 81.4 Å². The molecule has 1 aliphatic rings. The standard InChI is InChI=1S/C40H42ClN5O3S/c1-24-11-10-14-32(25(24)2)43-37(47)35-26(3)42-38-44-39(50-23-29-12-8-9-13-31(29)41)45-46(38)36(35)28-17-20-33(34(21-28)48-7)49-22-27-15-18-30(19-16-27)40(4,5)6/h8-21,36H,22-23H2,1-7H3,(H,43,47)(H,42,44,45). The van der Waals surface area contributed by atoms with Crippen molar-refractivity contribution in [1.29, 1.82) is 0 Å². The number of aromatic nitrogens is 3. The molecule has 4 aromatic carbocycles. The third kappa shape index (κ3) is 7.54. The highest BCUT2D eigenvalue weighted by molar-refractivity contribution is 7.98. The van der Waals surface area contributed by atoms with E-state index in [4.69, 9.17) is 31.2 Å². The van der Waals surface area contributed by atoms with Crippen molar-refractivity contribution in [3.63, 3.8) is 0 Å². The summed E-state index contributed by atoms with van der Waals surface area (Å²) in [5.41, 5.74) is 8.24. The minimum absolute atomic E-state index is 0.0769. The number of halogens is 1. The monoisotopic (exact) mass is 707 g/mol. The van der Waals surface area contributed by atoms with E-state index in [0.29, 0.717) is 51.3 Å². The molecule has 1 aliphatic heterocycles. The highest BCUT2D eigenvalue weighted by Crippen LogP contribution is 2.40. The van der Waals surface area contributed by atoms with Crippen LogP contribution in [-0.2, 0) is 22.6 Å². The maximum atomic E-state index is 14.2. The molecular weight excluding hydrogens is 666 g/mol. The molecule has 2 N–H and O–H groups in total. The van der Waals surface area contributed by atoms with Crippen LogP contribution in [0, 0.1) is 13.8 Å². The third-order valence-corrected chi connectivity index (χ3v) is 10.2. The maximum Gasteiger partial charge on any atom is 0.255 e. The molecule has 10 heteroatoms. The number of aryl methyl sites for hydroxylation is 1. The van der Waals surface area contributed by atoms with Crippen LogP contribution in [0.5, 0.6) is 11.5 Å². The van der Waals surface area contributed by atoms with Gasteiger partial charge in [-0.05, 0) is 83.8 Å². The van der Waals surface area contributed by atoms with Gasteiger partial charge >= 0.3 is 0 Å². The Balaban J connectivity index is 1.33. The first kappa shape index (κ1) is 35.1. The number of fused-ring (bicyclic) bond motifs is 1. The zero-order valence-electron chi connectivity index (χ0n) is 29.4. The van der Waals surface area contributed by atoms with E-state index in [1.54, 1.807) is 11.8 Å². The SMILES string of the molecule is COc1cc(C2C(C(=O)Nc3cccc(C)c3C)=C(C)Nc3nc(SCc4ccccc4Cl)nn32)ccc1OCc1ccc(C(C)(C)C)cc1. The number of carbonyl (C=O) groups is 1. The lowest BCUT2D eigenvalue weighted by Gasteiger charge is -2.29. The lowest BCUT2D eigenvalue weighted by atomic mass is 9.87. The van der Waals surface area contributed by atoms with Gasteiger partial charge in [0.1, 0.15) is 12.6 Å². The van der Waals surface area contributed by atoms with Gasteiger partial charge in [0.2, 0.25) is 11.1 Å². The molecule has 0 bridgehead atoms. The zero-order chi connectivity index (χ0) is 35.6. The number of amides is 1. The van der Waals surface area contributed by atoms with Crippen LogP contribution in [0.4, 0.5) is 11.6 Å². The summed E-state index contributed by atoms with van der Waals surface area (Å²) < 4.78 is 13.9. The second-order valence-electron chi connectivity index (χ2n) is 13.5. The second kappa shape index (κ2) is 14.6. The molecule has 0 saturated carbocycles. The average molecular weight is 708 g/mol. The van der Waals surface area contributed by atoms with Gasteiger partial charge in [-0.3, -0.25) is 4.79 Å². The number of methoxy groups -OCH3 is 1. The molecule has 8 nitrogen and oxygen atoms in total. The molecule has 1 aromatic heterocycles. The van der Waals surface area contributed by atoms with Gasteiger partial charge in [0, 0.05) is 22.2 Å². The molecule has 1 atom stereocenters. The Labute approximate surface area is 303 Å². The van der Waals surface area contributed by atoms with E-state index in [9.17, 15) is 4.79 Å². The quantitative estimate of drug-likeness (QED) is 0.140. The number of benzene rings is 4. The van der Waals surface area contributed by atoms with Crippen molar-refractivity contribution in [2.45, 2.75) is 70.5 Å². The molecule has 0 radical (unpaired) electrons. The summed E-state index contributed by atoms with van der Waals surface area (Å²) in [7, 11) is 1.62. The summed E-state index contributed by atoms with van der Waals surface area (Å²) in [6.07, 6.45) is 0. The molecule has 258 valence electrons. The predicted molar refractivity (Wildman–Crippen MR) is 203 cm³/mol. The fraction of sp³-hybridized carbons (Fsp3) is 0.275. The van der Waals surface area contributed by atoms with Crippen LogP contribution < -0.4 is 20.1 Å². The van der Waals surface area contributed by atoms with Gasteiger partial charge in [0.15, 0.2) is 11.5 Å². The van der Waals surface area contributed by atoms with E-state index in [2.05, 4.69) is 55.7 Å². The summed E-state index contributed by atoms with van der Waals surface area (Å²) in [6, 6.07) is 27.2. The fourth-order valence-electron chi connectivity index (χ4n) is 5.86. The number of hydrogen-bond donors (Lipinski definition) is 2. The van der Waals surface area contributed by atoms with E-state index in [-0.39, 0.29) is 11.3 Å². The number of thioether (sulfide) groups is 1. The Morgan fingerprint density at radius 1 is 0.980 bits per heavy atom. The summed E-state index contributed by atoms with van der Waals surface area (Å²) >= 11 is 7.91. The van der Waals surface area contributed by atoms with Crippen LogP contribution >= 0.6 is 23.4 Å². The van der Waals surface area contributed by atoms with Gasteiger partial charge in [0.25, 0.3) is 5.91 Å². The molecule has 5 aromatic rings. The summed E-state index contributed by atoms with van der Waals surface area (Å²) in [5, 5.41) is 12.7. The van der Waals surface area contributed by atoms with Crippen molar-refractivity contribution in [3.05, 3.63) is 135 Å². The normalized spacial score (nSPS) is 14.2. The number of anilines is 2. The van der Waals surface area contributed by atoms with Crippen LogP contribution in [0.15, 0.2) is 101 Å². The van der Waals surface area contributed by atoms with Crippen LogP contribution in [0.1, 0.15) is 67.1 Å². The van der Waals surface area contributed by atoms with E-state index < -0.39 is 6.04 Å². The number of nitrogens with one attached hydrogen (secondary N) is 2. The van der Waals surface area contributed by atoms with Gasteiger partial charge in [-0.2, -0.15) is 4.98 Å². The summed E-state index contributed by atoms with van der Waals surface area (Å²) in [5.74, 6) is 2.05. The van der Waals surface area contributed by atoms with Crippen LogP contribution in [0.3, 0.4) is 0 Å². The molecule has 6 rings (SSSR count). The topological polar surface area (TPSA) is 90.3 Å². The molecule has 0 aliphatic carbocycles. The van der Waals surface area contributed by atoms with Gasteiger partial charge in [-0.15, -0.1) is 5.10 Å². The molecule has 0 saturated heterocycles. The van der Waals surface area contributed by atoms with Gasteiger partial charge in [0.05, 0.1) is 12.7 Å². The largest absolute Gasteiger partial charge is 0.493 e. The Bertz CT molecular complexity index is 2070. The van der Waals surface area contributed by atoms with Gasteiger partial charge < -0.3 is 20.1 Å². The molecule has 2 heterocycles. The molecule has 1 amide bonds. The van der Waals surface area contributed by atoms with Crippen molar-refractivity contribution >= 4 is 40.9 Å². The van der Waals surface area contributed by atoms with Crippen molar-refractivity contribution in [3.8, 4) is 11.5 Å². The number of rotatable bonds is 10. The highest BCUT2D eigenvalue weighted by Gasteiger charge is 2.35. The summed E-state index contributed by atoms with van der Waals surface area (Å²) in [4.78, 5) is 19.0. The lowest BCUT2D eigenvalue weighted by molar-refractivity contribution is -0.113. The van der Waals surface area contributed by atoms with E-state index in [1.165, 1.54) is 17.3 Å². The molecule has 50 heavy (non-hydrogen) atoms. The number of nitrogens with zero attached hydrogens (tertiary/aromatic N) is 3. The maximum absolute atomic E-state index is 14.2. The lowest BCUT2D eigenvalue weighted by Crippen LogP contribution is -2.31. The minimum Gasteiger partial charge on any atom is -0.493 e. The van der Waals surface area contributed by atoms with Crippen molar-refractivity contribution < 1.29 is 14.3 Å². The molecular formula is C40H42ClN5O3S. The first-order valence-electron chi connectivity index (χ1n) is 16.5. The fourth-order valence-corrected chi connectivity index (χ4v) is 6.98. The Morgan fingerprint density at radius 3 is 2.46 bits per heavy atom. The first-order chi connectivity index (χ1) is 23.9. The average Bonchev–Trinajstić information content (AvgIpc) is 3.50. The number of ether oxygens (including phenoxy) is 2. The van der Waals surface area contributed by atoms with Crippen molar-refractivity contribution in [1.82, 2.24) is 14.8 Å². The second-order valence-corrected chi connectivity index (χ2v) is 14.8. The smallest absolute Gasteiger partial charge is 0.255 e. The van der Waals surface area contributed by atoms with Gasteiger partial charge in [-0.25, -0.2) is 4.68 Å². The molecule has 1 unspecified atom stereocenters. The van der Waals surface area contributed by atoms with Crippen molar-refractivity contribution in [2.75, 3.05) is 17.7 Å². The molecule has 0 spiro atoms. The Morgan fingerprint density at radius 2 is 1.74 bits per heavy atom. The van der Waals surface area contributed by atoms with E-state index >= 15 is 0 Å². The number of hydrogen-bond acceptors (Lipinski definition) is 7. The van der Waals surface area contributed by atoms with Crippen molar-refractivity contribution in [2.24, 2.45) is 0 Å².